The van der Waals surface area contributed by atoms with Crippen molar-refractivity contribution in [3.05, 3.63) is 22.1 Å². The Morgan fingerprint density at radius 3 is 3.06 bits per heavy atom. The second kappa shape index (κ2) is 3.67. The number of likely N-dealkylation sites (N-methyl/N-ethyl adjacent to an activating group) is 1. The maximum absolute atomic E-state index is 11.7. The first-order valence-corrected chi connectivity index (χ1v) is 7.41. The van der Waals surface area contributed by atoms with Crippen LogP contribution in [0.4, 0.5) is 5.69 Å². The fraction of sp³-hybridized carbons (Fsp3) is 0.444. The maximum Gasteiger partial charge on any atom is 0.288 e. The quantitative estimate of drug-likeness (QED) is 0.721. The minimum absolute atomic E-state index is 0.0312. The molecule has 0 amide bonds. The summed E-state index contributed by atoms with van der Waals surface area (Å²) in [5.74, 6) is 0. The van der Waals surface area contributed by atoms with Crippen LogP contribution in [-0.2, 0) is 10.8 Å². The van der Waals surface area contributed by atoms with Gasteiger partial charge in [0.2, 0.25) is 0 Å². The Bertz CT molecular complexity index is 597. The number of nitrogens with zero attached hydrogens (tertiary/aromatic N) is 3. The molecule has 0 aromatic carbocycles. The number of nitrogens with one attached hydrogen (secondary N) is 1. The summed E-state index contributed by atoms with van der Waals surface area (Å²) in [6.07, 6.45) is 3.13. The van der Waals surface area contributed by atoms with Crippen LogP contribution in [-0.4, -0.2) is 38.3 Å². The molecule has 0 bridgehead atoms. The minimum atomic E-state index is -1.07. The number of aromatic amines is 1. The van der Waals surface area contributed by atoms with Gasteiger partial charge in [0.15, 0.2) is 4.38 Å². The Morgan fingerprint density at radius 2 is 2.35 bits per heavy atom. The molecule has 2 aliphatic heterocycles. The third kappa shape index (κ3) is 1.47. The first-order chi connectivity index (χ1) is 8.09. The van der Waals surface area contributed by atoms with Crippen LogP contribution in [0.2, 0.25) is 0 Å². The van der Waals surface area contributed by atoms with E-state index < -0.39 is 10.8 Å². The van der Waals surface area contributed by atoms with Crippen molar-refractivity contribution in [1.82, 2.24) is 10.2 Å². The molecule has 90 valence electrons. The van der Waals surface area contributed by atoms with Gasteiger partial charge in [0.1, 0.15) is 11.9 Å². The van der Waals surface area contributed by atoms with Gasteiger partial charge < -0.3 is 4.90 Å². The average molecular weight is 270 g/mol. The molecule has 17 heavy (non-hydrogen) atoms. The van der Waals surface area contributed by atoms with Gasteiger partial charge in [-0.1, -0.05) is 11.8 Å². The lowest BCUT2D eigenvalue weighted by molar-refractivity contribution is 0.690. The molecule has 0 radical (unpaired) electrons. The monoisotopic (exact) mass is 270 g/mol. The van der Waals surface area contributed by atoms with E-state index in [1.165, 1.54) is 11.8 Å². The SMILES string of the molecule is CN1c2c(cn[nH]c2=O)C2SC(S(C)=O)=NC21. The summed E-state index contributed by atoms with van der Waals surface area (Å²) in [7, 11) is 0.757. The van der Waals surface area contributed by atoms with Crippen molar-refractivity contribution in [2.24, 2.45) is 4.99 Å². The van der Waals surface area contributed by atoms with Crippen LogP contribution in [0.3, 0.4) is 0 Å². The molecule has 0 saturated carbocycles. The van der Waals surface area contributed by atoms with E-state index in [4.69, 9.17) is 0 Å². The van der Waals surface area contributed by atoms with E-state index >= 15 is 0 Å². The molecule has 0 aliphatic carbocycles. The van der Waals surface area contributed by atoms with E-state index in [1.54, 1.807) is 12.5 Å². The number of fused-ring (bicyclic) bond motifs is 3. The molecular weight excluding hydrogens is 260 g/mol. The fourth-order valence-electron chi connectivity index (χ4n) is 2.14. The zero-order valence-corrected chi connectivity index (χ0v) is 10.8. The van der Waals surface area contributed by atoms with Crippen molar-refractivity contribution in [1.29, 1.82) is 0 Å². The molecule has 3 heterocycles. The van der Waals surface area contributed by atoms with Gasteiger partial charge in [0.05, 0.1) is 22.2 Å². The summed E-state index contributed by atoms with van der Waals surface area (Å²) in [6, 6.07) is 0. The highest BCUT2D eigenvalue weighted by atomic mass is 32.2. The number of hydrogen-bond acceptors (Lipinski definition) is 6. The third-order valence-electron chi connectivity index (χ3n) is 2.90. The van der Waals surface area contributed by atoms with Gasteiger partial charge in [-0.25, -0.2) is 10.1 Å². The molecule has 0 fully saturated rings. The second-order valence-electron chi connectivity index (χ2n) is 3.92. The van der Waals surface area contributed by atoms with Crippen LogP contribution in [0.15, 0.2) is 16.0 Å². The Labute approximate surface area is 104 Å². The number of aromatic nitrogens is 2. The van der Waals surface area contributed by atoms with E-state index in [1.807, 2.05) is 11.9 Å². The van der Waals surface area contributed by atoms with Gasteiger partial charge in [-0.2, -0.15) is 5.10 Å². The summed E-state index contributed by atoms with van der Waals surface area (Å²) in [5.41, 5.74) is 1.29. The zero-order chi connectivity index (χ0) is 12.2. The number of rotatable bonds is 0. The summed E-state index contributed by atoms with van der Waals surface area (Å²) < 4.78 is 12.1. The number of anilines is 1. The molecule has 0 saturated heterocycles. The number of aliphatic imine (C=N–C) groups is 1. The molecule has 8 heteroatoms. The number of hydrogen-bond donors (Lipinski definition) is 1. The van der Waals surface area contributed by atoms with Crippen LogP contribution in [0.1, 0.15) is 10.8 Å². The van der Waals surface area contributed by atoms with Crippen molar-refractivity contribution in [3.63, 3.8) is 0 Å². The van der Waals surface area contributed by atoms with Gasteiger partial charge in [-0.3, -0.25) is 9.00 Å². The number of thioether (sulfide) groups is 1. The van der Waals surface area contributed by atoms with Crippen molar-refractivity contribution in [3.8, 4) is 0 Å². The zero-order valence-electron chi connectivity index (χ0n) is 9.21. The molecule has 1 aromatic heterocycles. The smallest absolute Gasteiger partial charge is 0.288 e. The molecular formula is C9H10N4O2S2. The van der Waals surface area contributed by atoms with Gasteiger partial charge in [0, 0.05) is 18.9 Å². The molecule has 0 spiro atoms. The van der Waals surface area contributed by atoms with Crippen LogP contribution >= 0.6 is 11.8 Å². The summed E-state index contributed by atoms with van der Waals surface area (Å²) in [6.45, 7) is 0. The predicted octanol–water partition coefficient (Wildman–Crippen LogP) is 0.0682. The maximum atomic E-state index is 11.7. The highest BCUT2D eigenvalue weighted by Crippen LogP contribution is 2.49. The highest BCUT2D eigenvalue weighted by molar-refractivity contribution is 8.33. The van der Waals surface area contributed by atoms with E-state index in [0.29, 0.717) is 10.1 Å². The standard InChI is InChI=1S/C9H10N4O2S2/c1-13-5-4(3-10-12-8(5)14)6-7(13)11-9(16-6)17(2)15/h3,6-7H,1-2H3,(H,12,14). The van der Waals surface area contributed by atoms with Crippen LogP contribution in [0.5, 0.6) is 0 Å². The normalized spacial score (nSPS) is 27.6. The van der Waals surface area contributed by atoms with E-state index in [2.05, 4.69) is 15.2 Å². The van der Waals surface area contributed by atoms with Gasteiger partial charge in [-0.05, 0) is 0 Å². The van der Waals surface area contributed by atoms with Crippen molar-refractivity contribution in [2.45, 2.75) is 11.4 Å². The first-order valence-electron chi connectivity index (χ1n) is 4.98. The van der Waals surface area contributed by atoms with Crippen LogP contribution in [0, 0.1) is 0 Å². The predicted molar refractivity (Wildman–Crippen MR) is 68.9 cm³/mol. The molecule has 3 unspecified atom stereocenters. The van der Waals surface area contributed by atoms with Crippen molar-refractivity contribution < 1.29 is 4.21 Å². The van der Waals surface area contributed by atoms with Crippen LogP contribution in [0.25, 0.3) is 0 Å². The molecule has 3 rings (SSSR count). The summed E-state index contributed by atoms with van der Waals surface area (Å²) in [5, 5.41) is 6.27. The molecule has 1 N–H and O–H groups in total. The summed E-state index contributed by atoms with van der Waals surface area (Å²) >= 11 is 1.46. The lowest BCUT2D eigenvalue weighted by atomic mass is 10.2. The minimum Gasteiger partial charge on any atom is -0.347 e. The van der Waals surface area contributed by atoms with E-state index in [-0.39, 0.29) is 17.0 Å². The molecule has 6 nitrogen and oxygen atoms in total. The summed E-state index contributed by atoms with van der Waals surface area (Å²) in [4.78, 5) is 17.9. The highest BCUT2D eigenvalue weighted by Gasteiger charge is 2.44. The van der Waals surface area contributed by atoms with Crippen LogP contribution < -0.4 is 10.5 Å². The fourth-order valence-corrected chi connectivity index (χ4v) is 4.30. The second-order valence-corrected chi connectivity index (χ2v) is 6.60. The Kier molecular flexibility index (Phi) is 2.37. The van der Waals surface area contributed by atoms with Gasteiger partial charge in [0.25, 0.3) is 5.56 Å². The lowest BCUT2D eigenvalue weighted by Crippen LogP contribution is -2.29. The molecule has 3 atom stereocenters. The van der Waals surface area contributed by atoms with E-state index in [9.17, 15) is 9.00 Å². The Hall–Kier alpha value is -1.15. The third-order valence-corrected chi connectivity index (χ3v) is 5.54. The molecule has 1 aromatic rings. The Morgan fingerprint density at radius 1 is 1.59 bits per heavy atom. The van der Waals surface area contributed by atoms with E-state index in [0.717, 1.165) is 5.56 Å². The van der Waals surface area contributed by atoms with Gasteiger partial charge in [-0.15, -0.1) is 0 Å². The Balaban J connectivity index is 2.10. The van der Waals surface area contributed by atoms with Crippen molar-refractivity contribution in [2.75, 3.05) is 18.2 Å². The largest absolute Gasteiger partial charge is 0.347 e. The number of H-pyrrole nitrogens is 1. The lowest BCUT2D eigenvalue weighted by Gasteiger charge is -2.16. The van der Waals surface area contributed by atoms with Crippen molar-refractivity contribution >= 4 is 32.6 Å². The first kappa shape index (κ1) is 11.0. The molecule has 2 aliphatic rings. The van der Waals surface area contributed by atoms with Gasteiger partial charge >= 0.3 is 0 Å². The average Bonchev–Trinajstić information content (AvgIpc) is 2.81. The topological polar surface area (TPSA) is 78.4 Å².